The van der Waals surface area contributed by atoms with Gasteiger partial charge in [0.1, 0.15) is 6.04 Å². The Kier molecular flexibility index (Phi) is 4.34. The number of aromatic hydroxyl groups is 2. The van der Waals surface area contributed by atoms with Gasteiger partial charge in [-0.2, -0.15) is 0 Å². The van der Waals surface area contributed by atoms with Crippen LogP contribution in [0.2, 0.25) is 0 Å². The Bertz CT molecular complexity index is 509. The van der Waals surface area contributed by atoms with Crippen LogP contribution in [0.4, 0.5) is 0 Å². The van der Waals surface area contributed by atoms with Crippen LogP contribution >= 0.6 is 0 Å². The molecule has 0 aromatic carbocycles. The molecule has 0 aliphatic carbocycles. The lowest BCUT2D eigenvalue weighted by Crippen LogP contribution is -2.34. The van der Waals surface area contributed by atoms with Crippen molar-refractivity contribution in [3.05, 3.63) is 0 Å². The maximum atomic E-state index is 12.4. The van der Waals surface area contributed by atoms with Crippen LogP contribution in [-0.2, 0) is 4.79 Å². The van der Waals surface area contributed by atoms with Gasteiger partial charge < -0.3 is 20.3 Å². The van der Waals surface area contributed by atoms with Crippen LogP contribution in [0.25, 0.3) is 0 Å². The molecule has 0 bridgehead atoms. The largest absolute Gasteiger partial charge is 0.492 e. The molecule has 1 atom stereocenters. The highest BCUT2D eigenvalue weighted by Gasteiger charge is 2.41. The Balaban J connectivity index is 2.13. The minimum Gasteiger partial charge on any atom is -0.492 e. The van der Waals surface area contributed by atoms with Crippen molar-refractivity contribution in [2.75, 3.05) is 6.54 Å². The molecule has 6 heteroatoms. The number of carbonyl (C=O) groups is 1. The van der Waals surface area contributed by atoms with Gasteiger partial charge >= 0.3 is 0 Å². The number of nitrogens with zero attached hydrogens (tertiary/aromatic N) is 1. The molecule has 0 saturated carbocycles. The van der Waals surface area contributed by atoms with Gasteiger partial charge in [-0.15, -0.1) is 0 Å². The molecule has 0 unspecified atom stereocenters. The van der Waals surface area contributed by atoms with Crippen molar-refractivity contribution in [1.29, 1.82) is 0 Å². The van der Waals surface area contributed by atoms with Crippen molar-refractivity contribution in [2.45, 2.75) is 46.6 Å². The summed E-state index contributed by atoms with van der Waals surface area (Å²) in [6.07, 6.45) is 1.42. The summed E-state index contributed by atoms with van der Waals surface area (Å²) in [5, 5.41) is 22.9. The van der Waals surface area contributed by atoms with E-state index < -0.39 is 6.04 Å². The van der Waals surface area contributed by atoms with Gasteiger partial charge in [0.2, 0.25) is 29.2 Å². The van der Waals surface area contributed by atoms with Gasteiger partial charge in [0.15, 0.2) is 0 Å². The first-order valence-electron chi connectivity index (χ1n) is 7.44. The minimum absolute atomic E-state index is 0.174. The Morgan fingerprint density at radius 3 is 2.19 bits per heavy atom. The SMILES string of the molecule is CC(C)CCNC(=O)[C@H](CC(C)C)n1c(O)c2c(c1O)O2. The van der Waals surface area contributed by atoms with Crippen molar-refractivity contribution in [2.24, 2.45) is 11.8 Å². The molecule has 1 aromatic rings. The molecule has 1 aliphatic rings. The first kappa shape index (κ1) is 15.5. The lowest BCUT2D eigenvalue weighted by atomic mass is 10.0. The summed E-state index contributed by atoms with van der Waals surface area (Å²) in [5.41, 5.74) is 0. The van der Waals surface area contributed by atoms with Crippen molar-refractivity contribution in [3.8, 4) is 23.3 Å². The summed E-state index contributed by atoms with van der Waals surface area (Å²) in [4.78, 5) is 12.4. The van der Waals surface area contributed by atoms with Crippen LogP contribution in [0.3, 0.4) is 0 Å². The molecule has 3 N–H and O–H groups in total. The van der Waals surface area contributed by atoms with Gasteiger partial charge in [0.05, 0.1) is 0 Å². The molecule has 118 valence electrons. The van der Waals surface area contributed by atoms with Crippen LogP contribution in [0.15, 0.2) is 0 Å². The molecular weight excluding hydrogens is 272 g/mol. The number of carbonyl (C=O) groups excluding carboxylic acids is 1. The molecule has 0 spiro atoms. The second-order valence-corrected chi connectivity index (χ2v) is 6.40. The molecule has 0 saturated heterocycles. The number of aromatic nitrogens is 1. The third kappa shape index (κ3) is 3.25. The second kappa shape index (κ2) is 5.87. The van der Waals surface area contributed by atoms with E-state index in [1.54, 1.807) is 0 Å². The van der Waals surface area contributed by atoms with E-state index in [1.807, 2.05) is 13.8 Å². The number of ether oxygens (including phenoxy) is 1. The lowest BCUT2D eigenvalue weighted by molar-refractivity contribution is -0.125. The zero-order chi connectivity index (χ0) is 15.7. The van der Waals surface area contributed by atoms with Gasteiger partial charge in [0, 0.05) is 6.54 Å². The smallest absolute Gasteiger partial charge is 0.243 e. The van der Waals surface area contributed by atoms with Gasteiger partial charge in [-0.3, -0.25) is 9.36 Å². The monoisotopic (exact) mass is 296 g/mol. The van der Waals surface area contributed by atoms with Crippen molar-refractivity contribution in [3.63, 3.8) is 0 Å². The van der Waals surface area contributed by atoms with Gasteiger partial charge in [-0.05, 0) is 24.7 Å². The van der Waals surface area contributed by atoms with E-state index in [0.29, 0.717) is 18.9 Å². The highest BCUT2D eigenvalue weighted by Crippen LogP contribution is 2.61. The van der Waals surface area contributed by atoms with E-state index in [9.17, 15) is 15.0 Å². The van der Waals surface area contributed by atoms with Crippen LogP contribution in [-0.4, -0.2) is 27.2 Å². The van der Waals surface area contributed by atoms with Crippen LogP contribution in [0, 0.1) is 11.8 Å². The van der Waals surface area contributed by atoms with E-state index in [4.69, 9.17) is 4.74 Å². The van der Waals surface area contributed by atoms with Gasteiger partial charge in [-0.25, -0.2) is 0 Å². The number of nitrogens with one attached hydrogen (secondary N) is 1. The number of hydrogen-bond donors (Lipinski definition) is 3. The molecule has 1 aromatic heterocycles. The Morgan fingerprint density at radius 1 is 1.14 bits per heavy atom. The summed E-state index contributed by atoms with van der Waals surface area (Å²) in [6, 6.07) is -0.631. The molecule has 1 aliphatic heterocycles. The molecule has 1 amide bonds. The van der Waals surface area contributed by atoms with Gasteiger partial charge in [-0.1, -0.05) is 27.7 Å². The zero-order valence-corrected chi connectivity index (χ0v) is 13.0. The predicted octanol–water partition coefficient (Wildman–Crippen LogP) is 2.75. The summed E-state index contributed by atoms with van der Waals surface area (Å²) in [7, 11) is 0. The highest BCUT2D eigenvalue weighted by molar-refractivity contribution is 5.82. The fraction of sp³-hybridized carbons (Fsp3) is 0.667. The first-order chi connectivity index (χ1) is 9.82. The molecule has 21 heavy (non-hydrogen) atoms. The van der Waals surface area contributed by atoms with Crippen molar-refractivity contribution in [1.82, 2.24) is 9.88 Å². The average Bonchev–Trinajstić information content (AvgIpc) is 3.12. The lowest BCUT2D eigenvalue weighted by Gasteiger charge is -2.22. The summed E-state index contributed by atoms with van der Waals surface area (Å²) in [5.74, 6) is 0.767. The Morgan fingerprint density at radius 2 is 1.71 bits per heavy atom. The maximum absolute atomic E-state index is 12.4. The summed E-state index contributed by atoms with van der Waals surface area (Å²) >= 11 is 0. The number of rotatable bonds is 7. The third-order valence-corrected chi connectivity index (χ3v) is 3.56. The summed E-state index contributed by atoms with van der Waals surface area (Å²) in [6.45, 7) is 8.77. The van der Waals surface area contributed by atoms with E-state index in [0.717, 1.165) is 6.42 Å². The number of hydrogen-bond acceptors (Lipinski definition) is 4. The number of fused-ring (bicyclic) bond motifs is 1. The van der Waals surface area contributed by atoms with Crippen molar-refractivity contribution < 1.29 is 19.7 Å². The minimum atomic E-state index is -0.631. The third-order valence-electron chi connectivity index (χ3n) is 3.56. The normalized spacial score (nSPS) is 14.0. The van der Waals surface area contributed by atoms with Crippen LogP contribution in [0.1, 0.15) is 46.6 Å². The average molecular weight is 296 g/mol. The van der Waals surface area contributed by atoms with E-state index in [2.05, 4.69) is 19.2 Å². The van der Waals surface area contributed by atoms with Crippen molar-refractivity contribution >= 4 is 5.91 Å². The van der Waals surface area contributed by atoms with Crippen LogP contribution in [0.5, 0.6) is 23.3 Å². The summed E-state index contributed by atoms with van der Waals surface area (Å²) < 4.78 is 6.20. The van der Waals surface area contributed by atoms with Crippen LogP contribution < -0.4 is 10.1 Å². The second-order valence-electron chi connectivity index (χ2n) is 6.40. The molecule has 0 radical (unpaired) electrons. The molecular formula is C15H24N2O4. The fourth-order valence-corrected chi connectivity index (χ4v) is 2.36. The molecule has 0 fully saturated rings. The molecule has 2 heterocycles. The standard InChI is InChI=1S/C15H24N2O4/c1-8(2)5-6-16-13(18)10(7-9(3)4)17-14(19)11-12(21-11)15(17)20/h8-10,19-20H,5-7H2,1-4H3,(H,16,18)/t10-/m0/s1. The first-order valence-corrected chi connectivity index (χ1v) is 7.44. The highest BCUT2D eigenvalue weighted by atomic mass is 16.6. The zero-order valence-electron chi connectivity index (χ0n) is 13.0. The predicted molar refractivity (Wildman–Crippen MR) is 78.8 cm³/mol. The van der Waals surface area contributed by atoms with Gasteiger partial charge in [0.25, 0.3) is 0 Å². The van der Waals surface area contributed by atoms with E-state index >= 15 is 0 Å². The fourth-order valence-electron chi connectivity index (χ4n) is 2.36. The molecule has 6 nitrogen and oxygen atoms in total. The number of amides is 1. The van der Waals surface area contributed by atoms with E-state index in [1.165, 1.54) is 4.57 Å². The topological polar surface area (TPSA) is 87.0 Å². The Labute approximate surface area is 124 Å². The van der Waals surface area contributed by atoms with E-state index in [-0.39, 0.29) is 35.1 Å². The Hall–Kier alpha value is -1.85. The quantitative estimate of drug-likeness (QED) is 0.686. The molecule has 2 rings (SSSR count). The maximum Gasteiger partial charge on any atom is 0.243 e.